The average molecular weight is 338 g/mol. The molecule has 25 heavy (non-hydrogen) atoms. The van der Waals surface area contributed by atoms with Crippen LogP contribution in [0.4, 0.5) is 5.69 Å². The molecular weight excluding hydrogens is 320 g/mol. The minimum atomic E-state index is -0.299. The van der Waals surface area contributed by atoms with E-state index in [-0.39, 0.29) is 11.9 Å². The summed E-state index contributed by atoms with van der Waals surface area (Å²) in [6.45, 7) is 1.88. The summed E-state index contributed by atoms with van der Waals surface area (Å²) in [5.74, 6) is 0.429. The van der Waals surface area contributed by atoms with Crippen molar-refractivity contribution in [3.05, 3.63) is 48.9 Å². The summed E-state index contributed by atoms with van der Waals surface area (Å²) in [7, 11) is 0. The van der Waals surface area contributed by atoms with E-state index in [0.717, 1.165) is 31.7 Å². The average Bonchev–Trinajstić information content (AvgIpc) is 3.35. The predicted molar refractivity (Wildman–Crippen MR) is 90.5 cm³/mol. The molecule has 0 spiro atoms. The summed E-state index contributed by atoms with van der Waals surface area (Å²) < 4.78 is 3.55. The molecule has 1 aliphatic heterocycles. The first-order valence-corrected chi connectivity index (χ1v) is 8.18. The zero-order chi connectivity index (χ0) is 17.1. The number of aromatic nitrogens is 6. The zero-order valence-electron chi connectivity index (χ0n) is 13.5. The zero-order valence-corrected chi connectivity index (χ0v) is 13.5. The molecule has 1 unspecified atom stereocenters. The molecule has 2 N–H and O–H groups in total. The number of hydrogen-bond donors (Lipinski definition) is 2. The molecule has 0 aliphatic carbocycles. The highest BCUT2D eigenvalue weighted by molar-refractivity contribution is 6.02. The van der Waals surface area contributed by atoms with Gasteiger partial charge in [-0.3, -0.25) is 9.36 Å². The van der Waals surface area contributed by atoms with Crippen LogP contribution in [0.25, 0.3) is 5.82 Å². The maximum absolute atomic E-state index is 12.3. The first-order valence-electron chi connectivity index (χ1n) is 8.18. The number of nitrogens with zero attached hydrogens (tertiary/aromatic N) is 6. The van der Waals surface area contributed by atoms with Crippen LogP contribution in [0.3, 0.4) is 0 Å². The lowest BCUT2D eigenvalue weighted by molar-refractivity contribution is 0.102. The highest BCUT2D eigenvalue weighted by Crippen LogP contribution is 2.16. The van der Waals surface area contributed by atoms with Gasteiger partial charge < -0.3 is 10.6 Å². The third kappa shape index (κ3) is 3.41. The molecule has 128 valence electrons. The van der Waals surface area contributed by atoms with Crippen LogP contribution in [0, 0.1) is 0 Å². The summed E-state index contributed by atoms with van der Waals surface area (Å²) >= 11 is 0. The van der Waals surface area contributed by atoms with E-state index in [1.54, 1.807) is 46.4 Å². The summed E-state index contributed by atoms with van der Waals surface area (Å²) in [6.07, 6.45) is 10.6. The Morgan fingerprint density at radius 3 is 3.04 bits per heavy atom. The molecule has 1 amide bonds. The number of piperidine rings is 1. The van der Waals surface area contributed by atoms with Crippen LogP contribution in [-0.4, -0.2) is 48.5 Å². The lowest BCUT2D eigenvalue weighted by Crippen LogP contribution is -2.31. The minimum absolute atomic E-state index is 0.249. The van der Waals surface area contributed by atoms with E-state index in [4.69, 9.17) is 0 Å². The summed E-state index contributed by atoms with van der Waals surface area (Å²) in [6, 6.07) is 3.84. The molecule has 3 aromatic rings. The second-order valence-corrected chi connectivity index (χ2v) is 5.91. The van der Waals surface area contributed by atoms with E-state index >= 15 is 0 Å². The third-order valence-corrected chi connectivity index (χ3v) is 4.16. The number of nitrogens with one attached hydrogen (secondary N) is 2. The van der Waals surface area contributed by atoms with Crippen molar-refractivity contribution >= 4 is 11.6 Å². The van der Waals surface area contributed by atoms with Crippen molar-refractivity contribution in [2.75, 3.05) is 18.4 Å². The number of rotatable bonds is 4. The van der Waals surface area contributed by atoms with Gasteiger partial charge in [-0.15, -0.1) is 5.10 Å². The molecular formula is C16H18N8O. The topological polar surface area (TPSA) is 103 Å². The molecule has 1 aliphatic rings. The number of pyridine rings is 1. The van der Waals surface area contributed by atoms with Crippen molar-refractivity contribution in [1.82, 2.24) is 34.8 Å². The SMILES string of the molecule is O=C(Nc1ccc(-n2ccnc2)nc1)c1cn(C2CCCNC2)nn1. The molecule has 0 bridgehead atoms. The van der Waals surface area contributed by atoms with Crippen LogP contribution in [-0.2, 0) is 0 Å². The fourth-order valence-corrected chi connectivity index (χ4v) is 2.82. The van der Waals surface area contributed by atoms with Gasteiger partial charge in [0.2, 0.25) is 0 Å². The van der Waals surface area contributed by atoms with Crippen molar-refractivity contribution < 1.29 is 4.79 Å². The Morgan fingerprint density at radius 1 is 1.36 bits per heavy atom. The van der Waals surface area contributed by atoms with Crippen molar-refractivity contribution in [1.29, 1.82) is 0 Å². The Bertz CT molecular complexity index is 833. The van der Waals surface area contributed by atoms with Gasteiger partial charge in [0.15, 0.2) is 5.69 Å². The van der Waals surface area contributed by atoms with E-state index in [1.807, 2.05) is 6.07 Å². The Morgan fingerprint density at radius 2 is 2.32 bits per heavy atom. The van der Waals surface area contributed by atoms with Gasteiger partial charge in [0.05, 0.1) is 24.1 Å². The van der Waals surface area contributed by atoms with Gasteiger partial charge in [-0.25, -0.2) is 14.6 Å². The maximum atomic E-state index is 12.3. The lowest BCUT2D eigenvalue weighted by atomic mass is 10.1. The van der Waals surface area contributed by atoms with E-state index in [0.29, 0.717) is 11.4 Å². The number of anilines is 1. The Balaban J connectivity index is 1.42. The first kappa shape index (κ1) is 15.5. The Labute approximate surface area is 144 Å². The third-order valence-electron chi connectivity index (χ3n) is 4.16. The molecule has 3 aromatic heterocycles. The molecule has 9 nitrogen and oxygen atoms in total. The quantitative estimate of drug-likeness (QED) is 0.737. The second-order valence-electron chi connectivity index (χ2n) is 5.91. The number of carbonyl (C=O) groups is 1. The van der Waals surface area contributed by atoms with Gasteiger partial charge in [0.1, 0.15) is 12.1 Å². The Kier molecular flexibility index (Phi) is 4.21. The standard InChI is InChI=1S/C16H18N8O/c25-16(14-10-24(22-21-14)13-2-1-5-17-9-13)20-12-3-4-15(19-8-12)23-7-6-18-11-23/h3-4,6-8,10-11,13,17H,1-2,5,9H2,(H,20,25). The minimum Gasteiger partial charge on any atom is -0.319 e. The summed E-state index contributed by atoms with van der Waals surface area (Å²) in [5.41, 5.74) is 0.895. The predicted octanol–water partition coefficient (Wildman–Crippen LogP) is 1.04. The van der Waals surface area contributed by atoms with Crippen LogP contribution in [0.1, 0.15) is 29.4 Å². The van der Waals surface area contributed by atoms with Crippen LogP contribution < -0.4 is 10.6 Å². The van der Waals surface area contributed by atoms with E-state index in [1.165, 1.54) is 0 Å². The van der Waals surface area contributed by atoms with Crippen molar-refractivity contribution in [2.45, 2.75) is 18.9 Å². The van der Waals surface area contributed by atoms with Crippen LogP contribution in [0.15, 0.2) is 43.2 Å². The molecule has 1 atom stereocenters. The Hall–Kier alpha value is -3.07. The molecule has 0 aromatic carbocycles. The van der Waals surface area contributed by atoms with Gasteiger partial charge in [0, 0.05) is 18.9 Å². The van der Waals surface area contributed by atoms with Crippen LogP contribution >= 0.6 is 0 Å². The van der Waals surface area contributed by atoms with E-state index < -0.39 is 0 Å². The number of imidazole rings is 1. The molecule has 1 saturated heterocycles. The van der Waals surface area contributed by atoms with Crippen LogP contribution in [0.5, 0.6) is 0 Å². The van der Waals surface area contributed by atoms with Gasteiger partial charge in [0.25, 0.3) is 5.91 Å². The van der Waals surface area contributed by atoms with E-state index in [9.17, 15) is 4.79 Å². The van der Waals surface area contributed by atoms with Crippen molar-refractivity contribution in [3.63, 3.8) is 0 Å². The molecule has 4 rings (SSSR count). The lowest BCUT2D eigenvalue weighted by Gasteiger charge is -2.22. The fraction of sp³-hybridized carbons (Fsp3) is 0.312. The van der Waals surface area contributed by atoms with E-state index in [2.05, 4.69) is 30.9 Å². The fourth-order valence-electron chi connectivity index (χ4n) is 2.82. The van der Waals surface area contributed by atoms with Gasteiger partial charge in [-0.2, -0.15) is 0 Å². The van der Waals surface area contributed by atoms with Crippen molar-refractivity contribution in [3.8, 4) is 5.82 Å². The second kappa shape index (κ2) is 6.81. The molecule has 4 heterocycles. The van der Waals surface area contributed by atoms with Gasteiger partial charge in [-0.05, 0) is 31.5 Å². The first-order chi connectivity index (χ1) is 12.3. The highest BCUT2D eigenvalue weighted by Gasteiger charge is 2.18. The summed E-state index contributed by atoms with van der Waals surface area (Å²) in [5, 5.41) is 14.2. The maximum Gasteiger partial charge on any atom is 0.277 e. The molecule has 1 fully saturated rings. The van der Waals surface area contributed by atoms with Gasteiger partial charge >= 0.3 is 0 Å². The van der Waals surface area contributed by atoms with Gasteiger partial charge in [-0.1, -0.05) is 5.21 Å². The smallest absolute Gasteiger partial charge is 0.277 e. The molecule has 9 heteroatoms. The monoisotopic (exact) mass is 338 g/mol. The van der Waals surface area contributed by atoms with Crippen molar-refractivity contribution in [2.24, 2.45) is 0 Å². The molecule has 0 saturated carbocycles. The number of carbonyl (C=O) groups excluding carboxylic acids is 1. The summed E-state index contributed by atoms with van der Waals surface area (Å²) in [4.78, 5) is 20.6. The normalized spacial score (nSPS) is 17.4. The number of amides is 1. The highest BCUT2D eigenvalue weighted by atomic mass is 16.2. The number of hydrogen-bond acceptors (Lipinski definition) is 6. The molecule has 0 radical (unpaired) electrons. The largest absolute Gasteiger partial charge is 0.319 e. The van der Waals surface area contributed by atoms with Crippen LogP contribution in [0.2, 0.25) is 0 Å².